The van der Waals surface area contributed by atoms with E-state index in [9.17, 15) is 9.18 Å². The van der Waals surface area contributed by atoms with Crippen molar-refractivity contribution in [1.82, 2.24) is 15.5 Å². The van der Waals surface area contributed by atoms with E-state index in [0.717, 1.165) is 5.56 Å². The highest BCUT2D eigenvalue weighted by Gasteiger charge is 2.22. The lowest BCUT2D eigenvalue weighted by atomic mass is 9.96. The van der Waals surface area contributed by atoms with Gasteiger partial charge in [0.15, 0.2) is 17.4 Å². The zero-order valence-corrected chi connectivity index (χ0v) is 17.4. The van der Waals surface area contributed by atoms with Crippen molar-refractivity contribution in [3.8, 4) is 5.75 Å². The fourth-order valence-corrected chi connectivity index (χ4v) is 2.79. The van der Waals surface area contributed by atoms with Gasteiger partial charge in [0.2, 0.25) is 11.8 Å². The number of nitrogens with zero attached hydrogens (tertiary/aromatic N) is 2. The summed E-state index contributed by atoms with van der Waals surface area (Å²) < 4.78 is 24.7. The normalized spacial score (nSPS) is 12.4. The predicted molar refractivity (Wildman–Crippen MR) is 111 cm³/mol. The van der Waals surface area contributed by atoms with Gasteiger partial charge in [-0.2, -0.15) is 4.98 Å². The zero-order chi connectivity index (χ0) is 21.6. The minimum atomic E-state index is -0.443. The number of benzene rings is 2. The van der Waals surface area contributed by atoms with Gasteiger partial charge in [-0.3, -0.25) is 4.79 Å². The number of ether oxygens (including phenoxy) is 1. The van der Waals surface area contributed by atoms with Crippen LogP contribution in [-0.4, -0.2) is 22.7 Å². The molecule has 0 bridgehead atoms. The summed E-state index contributed by atoms with van der Waals surface area (Å²) in [6.45, 7) is 6.09. The number of aromatic nitrogens is 2. The summed E-state index contributed by atoms with van der Waals surface area (Å²) in [7, 11) is 0. The van der Waals surface area contributed by atoms with Crippen LogP contribution in [0, 0.1) is 5.82 Å². The van der Waals surface area contributed by atoms with Crippen molar-refractivity contribution in [2.45, 2.75) is 45.1 Å². The number of carbonyl (C=O) groups excluding carboxylic acids is 1. The Morgan fingerprint density at radius 1 is 1.13 bits per heavy atom. The molecule has 3 rings (SSSR count). The average molecular weight is 411 g/mol. The third-order valence-corrected chi connectivity index (χ3v) is 4.48. The summed E-state index contributed by atoms with van der Waals surface area (Å²) in [4.78, 5) is 16.9. The van der Waals surface area contributed by atoms with Crippen molar-refractivity contribution < 1.29 is 18.4 Å². The second-order valence-electron chi connectivity index (χ2n) is 8.03. The second-order valence-corrected chi connectivity index (χ2v) is 8.03. The molecule has 1 unspecified atom stereocenters. The van der Waals surface area contributed by atoms with E-state index in [1.807, 2.05) is 51.1 Å². The molecule has 7 heteroatoms. The monoisotopic (exact) mass is 411 g/mol. The highest BCUT2D eigenvalue weighted by molar-refractivity contribution is 5.76. The number of aryl methyl sites for hydroxylation is 1. The van der Waals surface area contributed by atoms with E-state index in [2.05, 4.69) is 15.5 Å². The molecule has 0 fully saturated rings. The molecule has 0 aliphatic heterocycles. The maximum Gasteiger partial charge on any atom is 0.227 e. The molecule has 2 aromatic carbocycles. The molecule has 0 saturated carbocycles. The Morgan fingerprint density at radius 2 is 1.83 bits per heavy atom. The molecule has 1 amide bonds. The van der Waals surface area contributed by atoms with Gasteiger partial charge in [-0.15, -0.1) is 0 Å². The predicted octanol–water partition coefficient (Wildman–Crippen LogP) is 4.38. The minimum absolute atomic E-state index is 0.103. The summed E-state index contributed by atoms with van der Waals surface area (Å²) >= 11 is 0. The number of amides is 1. The number of carbonyl (C=O) groups is 1. The van der Waals surface area contributed by atoms with Crippen LogP contribution in [0.25, 0.3) is 0 Å². The van der Waals surface area contributed by atoms with E-state index < -0.39 is 11.9 Å². The number of hydrogen-bond donors (Lipinski definition) is 1. The highest BCUT2D eigenvalue weighted by Crippen LogP contribution is 2.20. The third kappa shape index (κ3) is 5.89. The van der Waals surface area contributed by atoms with E-state index >= 15 is 0 Å². The van der Waals surface area contributed by atoms with Crippen LogP contribution in [0.15, 0.2) is 59.1 Å². The first-order valence-corrected chi connectivity index (χ1v) is 9.87. The zero-order valence-electron chi connectivity index (χ0n) is 17.4. The smallest absolute Gasteiger partial charge is 0.227 e. The Kier molecular flexibility index (Phi) is 6.82. The lowest BCUT2D eigenvalue weighted by Crippen LogP contribution is -2.32. The Balaban J connectivity index is 1.61. The molecule has 30 heavy (non-hydrogen) atoms. The molecule has 1 atom stereocenters. The molecular weight excluding hydrogens is 385 g/mol. The van der Waals surface area contributed by atoms with Crippen LogP contribution in [0.5, 0.6) is 5.75 Å². The summed E-state index contributed by atoms with van der Waals surface area (Å²) in [6, 6.07) is 15.2. The van der Waals surface area contributed by atoms with Crippen LogP contribution >= 0.6 is 0 Å². The van der Waals surface area contributed by atoms with Gasteiger partial charge in [0.25, 0.3) is 0 Å². The molecule has 1 heterocycles. The molecule has 3 aromatic rings. The standard InChI is InChI=1S/C23H26FN3O3/c1-23(2,3)22-26-21(30-27-22)14-13-20(28)25-18(16-9-5-4-6-10-16)15-29-19-12-8-7-11-17(19)24/h4-12,18H,13-15H2,1-3H3,(H,25,28). The van der Waals surface area contributed by atoms with Crippen molar-refractivity contribution in [3.63, 3.8) is 0 Å². The van der Waals surface area contributed by atoms with Crippen LogP contribution < -0.4 is 10.1 Å². The van der Waals surface area contributed by atoms with Crippen molar-refractivity contribution in [3.05, 3.63) is 77.7 Å². The number of hydrogen-bond acceptors (Lipinski definition) is 5. The molecule has 6 nitrogen and oxygen atoms in total. The van der Waals surface area contributed by atoms with Gasteiger partial charge in [-0.25, -0.2) is 4.39 Å². The van der Waals surface area contributed by atoms with Crippen LogP contribution in [-0.2, 0) is 16.6 Å². The number of rotatable bonds is 8. The highest BCUT2D eigenvalue weighted by atomic mass is 19.1. The Labute approximate surface area is 175 Å². The van der Waals surface area contributed by atoms with Crippen LogP contribution in [0.1, 0.15) is 50.5 Å². The topological polar surface area (TPSA) is 77.2 Å². The van der Waals surface area contributed by atoms with Crippen molar-refractivity contribution in [2.75, 3.05) is 6.61 Å². The molecule has 0 saturated heterocycles. The molecule has 0 spiro atoms. The fraction of sp³-hybridized carbons (Fsp3) is 0.348. The first-order chi connectivity index (χ1) is 14.3. The number of para-hydroxylation sites is 1. The lowest BCUT2D eigenvalue weighted by Gasteiger charge is -2.20. The van der Waals surface area contributed by atoms with Gasteiger partial charge < -0.3 is 14.6 Å². The maximum atomic E-state index is 13.9. The summed E-state index contributed by atoms with van der Waals surface area (Å²) in [5.74, 6) is 0.554. The minimum Gasteiger partial charge on any atom is -0.488 e. The van der Waals surface area contributed by atoms with E-state index in [1.54, 1.807) is 18.2 Å². The van der Waals surface area contributed by atoms with Crippen molar-refractivity contribution >= 4 is 5.91 Å². The van der Waals surface area contributed by atoms with E-state index in [4.69, 9.17) is 9.26 Å². The first-order valence-electron chi connectivity index (χ1n) is 9.87. The maximum absolute atomic E-state index is 13.9. The SMILES string of the molecule is CC(C)(C)c1noc(CCC(=O)NC(COc2ccccc2F)c2ccccc2)n1. The van der Waals surface area contributed by atoms with E-state index in [0.29, 0.717) is 18.1 Å². The molecule has 158 valence electrons. The van der Waals surface area contributed by atoms with Crippen molar-refractivity contribution in [1.29, 1.82) is 0 Å². The average Bonchev–Trinajstić information content (AvgIpc) is 3.21. The Hall–Kier alpha value is -3.22. The first kappa shape index (κ1) is 21.5. The summed E-state index contributed by atoms with van der Waals surface area (Å²) in [5.41, 5.74) is 0.655. The quantitative estimate of drug-likeness (QED) is 0.595. The molecular formula is C23H26FN3O3. The van der Waals surface area contributed by atoms with E-state index in [-0.39, 0.29) is 30.1 Å². The number of halogens is 1. The largest absolute Gasteiger partial charge is 0.488 e. The molecule has 1 aromatic heterocycles. The molecule has 0 aliphatic rings. The lowest BCUT2D eigenvalue weighted by molar-refractivity contribution is -0.122. The van der Waals surface area contributed by atoms with Crippen LogP contribution in [0.4, 0.5) is 4.39 Å². The summed E-state index contributed by atoms with van der Waals surface area (Å²) in [6.07, 6.45) is 0.527. The Bertz CT molecular complexity index is 967. The molecule has 0 radical (unpaired) electrons. The fourth-order valence-electron chi connectivity index (χ4n) is 2.79. The second kappa shape index (κ2) is 9.52. The van der Waals surface area contributed by atoms with Gasteiger partial charge in [-0.1, -0.05) is 68.4 Å². The molecule has 0 aliphatic carbocycles. The third-order valence-electron chi connectivity index (χ3n) is 4.48. The van der Waals surface area contributed by atoms with Crippen molar-refractivity contribution in [2.24, 2.45) is 0 Å². The van der Waals surface area contributed by atoms with Gasteiger partial charge in [0.05, 0.1) is 6.04 Å². The summed E-state index contributed by atoms with van der Waals surface area (Å²) in [5, 5.41) is 6.93. The molecule has 1 N–H and O–H groups in total. The van der Waals surface area contributed by atoms with Gasteiger partial charge >= 0.3 is 0 Å². The van der Waals surface area contributed by atoms with E-state index in [1.165, 1.54) is 6.07 Å². The van der Waals surface area contributed by atoms with Gasteiger partial charge in [0, 0.05) is 18.3 Å². The Morgan fingerprint density at radius 3 is 2.50 bits per heavy atom. The van der Waals surface area contributed by atoms with Crippen LogP contribution in [0.3, 0.4) is 0 Å². The van der Waals surface area contributed by atoms with Gasteiger partial charge in [-0.05, 0) is 17.7 Å². The number of nitrogens with one attached hydrogen (secondary N) is 1. The van der Waals surface area contributed by atoms with Gasteiger partial charge in [0.1, 0.15) is 6.61 Å². The van der Waals surface area contributed by atoms with Crippen LogP contribution in [0.2, 0.25) is 0 Å².